The van der Waals surface area contributed by atoms with Crippen molar-refractivity contribution in [2.24, 2.45) is 5.10 Å². The topological polar surface area (TPSA) is 49.3 Å². The number of aryl methyl sites for hydroxylation is 2. The van der Waals surface area contributed by atoms with E-state index >= 15 is 0 Å². The zero-order valence-corrected chi connectivity index (χ0v) is 12.3. The molecule has 2 rings (SSSR count). The molecule has 0 unspecified atom stereocenters. The fraction of sp³-hybridized carbons (Fsp3) is 0.154. The molecule has 0 aliphatic heterocycles. The molecule has 1 aromatic heterocycles. The standard InChI is InChI=1S/C13H14N4S2/c1-9-3-5-11(6-4-9)16-13(18)17-14-7-12-8-19-10(2)15-12/h3-8H,1-2H3,(H2,16,17,18)/b14-7-. The van der Waals surface area contributed by atoms with Gasteiger partial charge in [0.2, 0.25) is 0 Å². The van der Waals surface area contributed by atoms with E-state index in [4.69, 9.17) is 12.2 Å². The van der Waals surface area contributed by atoms with Gasteiger partial charge in [-0.1, -0.05) is 17.7 Å². The maximum Gasteiger partial charge on any atom is 0.191 e. The van der Waals surface area contributed by atoms with Crippen LogP contribution in [0.4, 0.5) is 5.69 Å². The first-order valence-corrected chi connectivity index (χ1v) is 7.01. The van der Waals surface area contributed by atoms with Crippen molar-refractivity contribution in [3.63, 3.8) is 0 Å². The van der Waals surface area contributed by atoms with Crippen molar-refractivity contribution in [1.29, 1.82) is 0 Å². The molecule has 0 radical (unpaired) electrons. The highest BCUT2D eigenvalue weighted by Crippen LogP contribution is 2.08. The van der Waals surface area contributed by atoms with Gasteiger partial charge in [-0.2, -0.15) is 5.10 Å². The molecule has 0 saturated carbocycles. The lowest BCUT2D eigenvalue weighted by Gasteiger charge is -2.06. The van der Waals surface area contributed by atoms with Gasteiger partial charge in [0.05, 0.1) is 16.9 Å². The van der Waals surface area contributed by atoms with Crippen molar-refractivity contribution >= 4 is 40.6 Å². The Bertz CT molecular complexity index is 587. The van der Waals surface area contributed by atoms with Crippen molar-refractivity contribution in [3.8, 4) is 0 Å². The largest absolute Gasteiger partial charge is 0.331 e. The van der Waals surface area contributed by atoms with Crippen LogP contribution in [-0.4, -0.2) is 16.3 Å². The number of hydrazone groups is 1. The molecule has 6 heteroatoms. The minimum absolute atomic E-state index is 0.451. The third-order valence-corrected chi connectivity index (χ3v) is 3.29. The van der Waals surface area contributed by atoms with Gasteiger partial charge in [-0.05, 0) is 38.2 Å². The monoisotopic (exact) mass is 290 g/mol. The summed E-state index contributed by atoms with van der Waals surface area (Å²) in [5.74, 6) is 0. The number of thiocarbonyl (C=S) groups is 1. The minimum atomic E-state index is 0.451. The number of nitrogens with one attached hydrogen (secondary N) is 2. The van der Waals surface area contributed by atoms with Gasteiger partial charge in [-0.15, -0.1) is 11.3 Å². The van der Waals surface area contributed by atoms with Gasteiger partial charge in [0, 0.05) is 11.1 Å². The molecule has 1 heterocycles. The molecule has 19 heavy (non-hydrogen) atoms. The highest BCUT2D eigenvalue weighted by Gasteiger charge is 1.96. The van der Waals surface area contributed by atoms with E-state index in [2.05, 4.69) is 20.8 Å². The Labute approximate surface area is 121 Å². The lowest BCUT2D eigenvalue weighted by molar-refractivity contribution is 1.05. The van der Waals surface area contributed by atoms with Gasteiger partial charge in [0.15, 0.2) is 5.11 Å². The van der Waals surface area contributed by atoms with E-state index in [0.29, 0.717) is 5.11 Å². The molecule has 0 fully saturated rings. The zero-order valence-electron chi connectivity index (χ0n) is 10.7. The molecule has 0 aliphatic rings. The van der Waals surface area contributed by atoms with Gasteiger partial charge in [-0.25, -0.2) is 4.98 Å². The van der Waals surface area contributed by atoms with Crippen LogP contribution in [0, 0.1) is 13.8 Å². The molecular weight excluding hydrogens is 276 g/mol. The molecule has 0 amide bonds. The number of benzene rings is 1. The number of hydrogen-bond acceptors (Lipinski definition) is 4. The van der Waals surface area contributed by atoms with E-state index in [-0.39, 0.29) is 0 Å². The summed E-state index contributed by atoms with van der Waals surface area (Å²) < 4.78 is 0. The summed E-state index contributed by atoms with van der Waals surface area (Å²) in [6, 6.07) is 7.98. The molecule has 0 spiro atoms. The van der Waals surface area contributed by atoms with E-state index in [1.54, 1.807) is 17.6 Å². The fourth-order valence-corrected chi connectivity index (χ4v) is 2.13. The summed E-state index contributed by atoms with van der Waals surface area (Å²) in [5, 5.41) is 10.5. The molecular formula is C13H14N4S2. The first-order valence-electron chi connectivity index (χ1n) is 5.72. The fourth-order valence-electron chi connectivity index (χ4n) is 1.39. The van der Waals surface area contributed by atoms with E-state index in [1.165, 1.54) is 5.56 Å². The third kappa shape index (κ3) is 4.42. The van der Waals surface area contributed by atoms with Crippen molar-refractivity contribution < 1.29 is 0 Å². The van der Waals surface area contributed by atoms with Gasteiger partial charge in [-0.3, -0.25) is 5.43 Å². The van der Waals surface area contributed by atoms with Gasteiger partial charge in [0.1, 0.15) is 0 Å². The highest BCUT2D eigenvalue weighted by atomic mass is 32.1. The summed E-state index contributed by atoms with van der Waals surface area (Å²) in [6.07, 6.45) is 1.65. The second-order valence-corrected chi connectivity index (χ2v) is 5.45. The molecule has 1 aromatic carbocycles. The van der Waals surface area contributed by atoms with Crippen LogP contribution in [-0.2, 0) is 0 Å². The normalized spacial score (nSPS) is 10.6. The van der Waals surface area contributed by atoms with Crippen molar-refractivity contribution in [1.82, 2.24) is 10.4 Å². The highest BCUT2D eigenvalue weighted by molar-refractivity contribution is 7.80. The summed E-state index contributed by atoms with van der Waals surface area (Å²) in [5.41, 5.74) is 5.73. The summed E-state index contributed by atoms with van der Waals surface area (Å²) >= 11 is 6.72. The Morgan fingerprint density at radius 3 is 2.68 bits per heavy atom. The van der Waals surface area contributed by atoms with Crippen molar-refractivity contribution in [2.45, 2.75) is 13.8 Å². The van der Waals surface area contributed by atoms with E-state index in [0.717, 1.165) is 16.4 Å². The predicted octanol–water partition coefficient (Wildman–Crippen LogP) is 3.08. The maximum absolute atomic E-state index is 5.14. The Morgan fingerprint density at radius 1 is 1.32 bits per heavy atom. The molecule has 2 aromatic rings. The zero-order chi connectivity index (χ0) is 13.7. The van der Waals surface area contributed by atoms with Crippen LogP contribution in [0.5, 0.6) is 0 Å². The molecule has 4 nitrogen and oxygen atoms in total. The summed E-state index contributed by atoms with van der Waals surface area (Å²) in [4.78, 5) is 4.27. The molecule has 0 aliphatic carbocycles. The minimum Gasteiger partial charge on any atom is -0.331 e. The van der Waals surface area contributed by atoms with Crippen molar-refractivity contribution in [3.05, 3.63) is 45.9 Å². The number of nitrogens with zero attached hydrogens (tertiary/aromatic N) is 2. The Hall–Kier alpha value is -1.79. The van der Waals surface area contributed by atoms with Crippen LogP contribution < -0.4 is 10.7 Å². The van der Waals surface area contributed by atoms with Crippen LogP contribution in [0.2, 0.25) is 0 Å². The van der Waals surface area contributed by atoms with Crippen LogP contribution in [0.3, 0.4) is 0 Å². The summed E-state index contributed by atoms with van der Waals surface area (Å²) in [7, 11) is 0. The second kappa shape index (κ2) is 6.40. The van der Waals surface area contributed by atoms with Crippen LogP contribution in [0.15, 0.2) is 34.7 Å². The Balaban J connectivity index is 1.84. The lowest BCUT2D eigenvalue weighted by atomic mass is 10.2. The van der Waals surface area contributed by atoms with Crippen LogP contribution >= 0.6 is 23.6 Å². The molecule has 0 saturated heterocycles. The smallest absolute Gasteiger partial charge is 0.191 e. The maximum atomic E-state index is 5.14. The number of aromatic nitrogens is 1. The van der Waals surface area contributed by atoms with Crippen LogP contribution in [0.1, 0.15) is 16.3 Å². The number of hydrogen-bond donors (Lipinski definition) is 2. The third-order valence-electron chi connectivity index (χ3n) is 2.31. The molecule has 2 N–H and O–H groups in total. The lowest BCUT2D eigenvalue weighted by Crippen LogP contribution is -2.23. The summed E-state index contributed by atoms with van der Waals surface area (Å²) in [6.45, 7) is 4.00. The van der Waals surface area contributed by atoms with Crippen molar-refractivity contribution in [2.75, 3.05) is 5.32 Å². The Kier molecular flexibility index (Phi) is 4.59. The van der Waals surface area contributed by atoms with Gasteiger partial charge >= 0.3 is 0 Å². The SMILES string of the molecule is Cc1ccc(NC(=S)N/N=C\c2csc(C)n2)cc1. The Morgan fingerprint density at radius 2 is 2.05 bits per heavy atom. The predicted molar refractivity (Wildman–Crippen MR) is 85.0 cm³/mol. The van der Waals surface area contributed by atoms with E-state index in [9.17, 15) is 0 Å². The molecule has 0 atom stereocenters. The first kappa shape index (κ1) is 13.6. The van der Waals surface area contributed by atoms with Gasteiger partial charge in [0.25, 0.3) is 0 Å². The molecule has 98 valence electrons. The van der Waals surface area contributed by atoms with E-state index in [1.807, 2.05) is 43.5 Å². The number of rotatable bonds is 3. The van der Waals surface area contributed by atoms with Crippen LogP contribution in [0.25, 0.3) is 0 Å². The van der Waals surface area contributed by atoms with Gasteiger partial charge < -0.3 is 5.32 Å². The second-order valence-electron chi connectivity index (χ2n) is 3.98. The first-order chi connectivity index (χ1) is 9.13. The van der Waals surface area contributed by atoms with E-state index < -0.39 is 0 Å². The average Bonchev–Trinajstić information content (AvgIpc) is 2.78. The number of anilines is 1. The quantitative estimate of drug-likeness (QED) is 0.518. The molecule has 0 bridgehead atoms. The number of thiazole rings is 1. The average molecular weight is 290 g/mol.